The Bertz CT molecular complexity index is 654. The van der Waals surface area contributed by atoms with Gasteiger partial charge in [-0.05, 0) is 32.0 Å². The lowest BCUT2D eigenvalue weighted by atomic mass is 10.2. The summed E-state index contributed by atoms with van der Waals surface area (Å²) in [6.07, 6.45) is -4.45. The van der Waals surface area contributed by atoms with Crippen LogP contribution in [-0.4, -0.2) is 72.5 Å². The molecule has 0 unspecified atom stereocenters. The summed E-state index contributed by atoms with van der Waals surface area (Å²) in [6.45, 7) is 7.40. The Labute approximate surface area is 156 Å². The molecule has 1 aliphatic rings. The first-order valence-electron chi connectivity index (χ1n) is 8.98. The third kappa shape index (κ3) is 5.85. The Balaban J connectivity index is 1.86. The number of urea groups is 1. The molecule has 1 N–H and O–H groups in total. The van der Waals surface area contributed by atoms with Gasteiger partial charge in [-0.1, -0.05) is 6.07 Å². The zero-order valence-corrected chi connectivity index (χ0v) is 15.6. The molecule has 27 heavy (non-hydrogen) atoms. The first kappa shape index (κ1) is 21.0. The SMILES string of the molecule is CCN(CC)C(=O)CN1CCN(C(=O)Nc2cccc(C(F)(F)F)c2)CC1. The van der Waals surface area contributed by atoms with Crippen LogP contribution in [0.15, 0.2) is 24.3 Å². The molecule has 1 aromatic rings. The van der Waals surface area contributed by atoms with E-state index in [4.69, 9.17) is 0 Å². The number of likely N-dealkylation sites (N-methyl/N-ethyl adjacent to an activating group) is 1. The van der Waals surface area contributed by atoms with Gasteiger partial charge in [-0.15, -0.1) is 0 Å². The van der Waals surface area contributed by atoms with Crippen LogP contribution in [0.3, 0.4) is 0 Å². The highest BCUT2D eigenvalue weighted by Gasteiger charge is 2.31. The van der Waals surface area contributed by atoms with Crippen LogP contribution in [0.2, 0.25) is 0 Å². The number of benzene rings is 1. The van der Waals surface area contributed by atoms with E-state index in [-0.39, 0.29) is 11.6 Å². The van der Waals surface area contributed by atoms with E-state index in [9.17, 15) is 22.8 Å². The predicted molar refractivity (Wildman–Crippen MR) is 96.4 cm³/mol. The number of halogens is 3. The van der Waals surface area contributed by atoms with E-state index in [1.54, 1.807) is 9.80 Å². The minimum Gasteiger partial charge on any atom is -0.342 e. The Morgan fingerprint density at radius 1 is 1.11 bits per heavy atom. The number of piperazine rings is 1. The summed E-state index contributed by atoms with van der Waals surface area (Å²) in [5, 5.41) is 2.51. The molecule has 2 rings (SSSR count). The third-order valence-electron chi connectivity index (χ3n) is 4.58. The van der Waals surface area contributed by atoms with Crippen LogP contribution in [0.5, 0.6) is 0 Å². The topological polar surface area (TPSA) is 55.9 Å². The summed E-state index contributed by atoms with van der Waals surface area (Å²) in [5.74, 6) is 0.0573. The Morgan fingerprint density at radius 2 is 1.74 bits per heavy atom. The number of rotatable bonds is 5. The van der Waals surface area contributed by atoms with Crippen LogP contribution in [0.25, 0.3) is 0 Å². The second-order valence-corrected chi connectivity index (χ2v) is 6.34. The molecule has 1 heterocycles. The monoisotopic (exact) mass is 386 g/mol. The molecule has 3 amide bonds. The Hall–Kier alpha value is -2.29. The molecule has 0 aromatic heterocycles. The molecular weight excluding hydrogens is 361 g/mol. The summed E-state index contributed by atoms with van der Waals surface area (Å²) in [7, 11) is 0. The van der Waals surface area contributed by atoms with Crippen molar-refractivity contribution in [3.05, 3.63) is 29.8 Å². The van der Waals surface area contributed by atoms with Gasteiger partial charge in [-0.3, -0.25) is 9.69 Å². The molecule has 0 radical (unpaired) electrons. The lowest BCUT2D eigenvalue weighted by molar-refractivity contribution is -0.137. The van der Waals surface area contributed by atoms with E-state index >= 15 is 0 Å². The van der Waals surface area contributed by atoms with Gasteiger partial charge in [0.2, 0.25) is 5.91 Å². The third-order valence-corrected chi connectivity index (χ3v) is 4.58. The van der Waals surface area contributed by atoms with Gasteiger partial charge in [0.25, 0.3) is 0 Å². The number of carbonyl (C=O) groups excluding carboxylic acids is 2. The van der Waals surface area contributed by atoms with Crippen molar-refractivity contribution in [1.29, 1.82) is 0 Å². The molecule has 6 nitrogen and oxygen atoms in total. The number of carbonyl (C=O) groups is 2. The quantitative estimate of drug-likeness (QED) is 0.847. The first-order valence-corrected chi connectivity index (χ1v) is 8.98. The summed E-state index contributed by atoms with van der Waals surface area (Å²) in [4.78, 5) is 29.7. The van der Waals surface area contributed by atoms with Crippen molar-refractivity contribution in [3.63, 3.8) is 0 Å². The number of hydrogen-bond acceptors (Lipinski definition) is 3. The lowest BCUT2D eigenvalue weighted by Gasteiger charge is -2.35. The van der Waals surface area contributed by atoms with E-state index in [0.29, 0.717) is 45.8 Å². The molecule has 150 valence electrons. The van der Waals surface area contributed by atoms with Crippen LogP contribution in [-0.2, 0) is 11.0 Å². The standard InChI is InChI=1S/C18H25F3N4O2/c1-3-24(4-2)16(26)13-23-8-10-25(11-9-23)17(27)22-15-7-5-6-14(12-15)18(19,20)21/h5-7,12H,3-4,8-11,13H2,1-2H3,(H,22,27). The van der Waals surface area contributed by atoms with Crippen LogP contribution in [0.1, 0.15) is 19.4 Å². The van der Waals surface area contributed by atoms with E-state index in [0.717, 1.165) is 12.1 Å². The van der Waals surface area contributed by atoms with Gasteiger partial charge in [0.05, 0.1) is 12.1 Å². The van der Waals surface area contributed by atoms with Crippen LogP contribution < -0.4 is 5.32 Å². The molecule has 0 saturated carbocycles. The molecule has 0 spiro atoms. The van der Waals surface area contributed by atoms with Gasteiger partial charge < -0.3 is 15.1 Å². The highest BCUT2D eigenvalue weighted by Crippen LogP contribution is 2.30. The van der Waals surface area contributed by atoms with E-state index in [2.05, 4.69) is 5.32 Å². The molecule has 1 saturated heterocycles. The maximum absolute atomic E-state index is 12.8. The number of hydrogen-bond donors (Lipinski definition) is 1. The Morgan fingerprint density at radius 3 is 2.30 bits per heavy atom. The molecule has 1 aliphatic heterocycles. The highest BCUT2D eigenvalue weighted by molar-refractivity contribution is 5.89. The number of amides is 3. The molecule has 9 heteroatoms. The van der Waals surface area contributed by atoms with Crippen molar-refractivity contribution in [2.75, 3.05) is 51.1 Å². The fraction of sp³-hybridized carbons (Fsp3) is 0.556. The smallest absolute Gasteiger partial charge is 0.342 e. The zero-order chi connectivity index (χ0) is 20.0. The van der Waals surface area contributed by atoms with Crippen molar-refractivity contribution in [2.24, 2.45) is 0 Å². The largest absolute Gasteiger partial charge is 0.416 e. The molecule has 0 atom stereocenters. The fourth-order valence-electron chi connectivity index (χ4n) is 2.95. The minimum atomic E-state index is -4.45. The van der Waals surface area contributed by atoms with Crippen molar-refractivity contribution < 1.29 is 22.8 Å². The van der Waals surface area contributed by atoms with Crippen LogP contribution in [0.4, 0.5) is 23.7 Å². The van der Waals surface area contributed by atoms with Gasteiger partial charge in [-0.25, -0.2) is 4.79 Å². The molecule has 1 fully saturated rings. The second-order valence-electron chi connectivity index (χ2n) is 6.34. The minimum absolute atomic E-state index is 0.0573. The average Bonchev–Trinajstić information content (AvgIpc) is 2.63. The summed E-state index contributed by atoms with van der Waals surface area (Å²) < 4.78 is 38.3. The first-order chi connectivity index (χ1) is 12.7. The van der Waals surface area contributed by atoms with Gasteiger partial charge in [-0.2, -0.15) is 13.2 Å². The van der Waals surface area contributed by atoms with E-state index in [1.807, 2.05) is 18.7 Å². The molecular formula is C18H25F3N4O2. The number of nitrogens with one attached hydrogen (secondary N) is 1. The predicted octanol–water partition coefficient (Wildman–Crippen LogP) is 2.72. The van der Waals surface area contributed by atoms with Gasteiger partial charge in [0, 0.05) is 45.0 Å². The van der Waals surface area contributed by atoms with Gasteiger partial charge >= 0.3 is 12.2 Å². The summed E-state index contributed by atoms with van der Waals surface area (Å²) in [5.41, 5.74) is -0.700. The molecule has 0 aliphatic carbocycles. The van der Waals surface area contributed by atoms with Crippen LogP contribution >= 0.6 is 0 Å². The van der Waals surface area contributed by atoms with E-state index < -0.39 is 17.8 Å². The molecule has 1 aromatic carbocycles. The van der Waals surface area contributed by atoms with Crippen molar-refractivity contribution in [3.8, 4) is 0 Å². The number of nitrogens with zero attached hydrogens (tertiary/aromatic N) is 3. The number of anilines is 1. The zero-order valence-electron chi connectivity index (χ0n) is 15.6. The average molecular weight is 386 g/mol. The Kier molecular flexibility index (Phi) is 7.06. The van der Waals surface area contributed by atoms with Crippen molar-refractivity contribution in [2.45, 2.75) is 20.0 Å². The van der Waals surface area contributed by atoms with Crippen LogP contribution in [0, 0.1) is 0 Å². The maximum Gasteiger partial charge on any atom is 0.416 e. The van der Waals surface area contributed by atoms with E-state index in [1.165, 1.54) is 12.1 Å². The molecule has 0 bridgehead atoms. The normalized spacial score (nSPS) is 15.5. The highest BCUT2D eigenvalue weighted by atomic mass is 19.4. The summed E-state index contributed by atoms with van der Waals surface area (Å²) in [6, 6.07) is 4.11. The van der Waals surface area contributed by atoms with Crippen molar-refractivity contribution >= 4 is 17.6 Å². The summed E-state index contributed by atoms with van der Waals surface area (Å²) >= 11 is 0. The lowest BCUT2D eigenvalue weighted by Crippen LogP contribution is -2.52. The van der Waals surface area contributed by atoms with Crippen molar-refractivity contribution in [1.82, 2.24) is 14.7 Å². The second kappa shape index (κ2) is 9.07. The van der Waals surface area contributed by atoms with Gasteiger partial charge in [0.15, 0.2) is 0 Å². The fourth-order valence-corrected chi connectivity index (χ4v) is 2.95. The van der Waals surface area contributed by atoms with Gasteiger partial charge in [0.1, 0.15) is 0 Å². The number of alkyl halides is 3. The maximum atomic E-state index is 12.8.